The maximum absolute atomic E-state index is 6.05. The standard InChI is InChI=1S/C24H25N5/c1-15-3-2-4-22(29-15)24-23(27-14-28-24)17-7-10-21-18(11-17)12-19(13-26-21)16-5-8-20(25)9-6-16/h2-5,7,10-14,20-21,26H,6,8-9,25H2,1H3,(H,27,28). The van der Waals surface area contributed by atoms with Gasteiger partial charge >= 0.3 is 0 Å². The molecule has 0 radical (unpaired) electrons. The second-order valence-corrected chi connectivity index (χ2v) is 7.90. The second kappa shape index (κ2) is 7.33. The third-order valence-corrected chi connectivity index (χ3v) is 5.77. The van der Waals surface area contributed by atoms with Crippen LogP contribution in [0.4, 0.5) is 0 Å². The highest BCUT2D eigenvalue weighted by molar-refractivity contribution is 5.84. The van der Waals surface area contributed by atoms with E-state index in [-0.39, 0.29) is 6.04 Å². The summed E-state index contributed by atoms with van der Waals surface area (Å²) < 4.78 is 0. The molecule has 2 unspecified atom stereocenters. The fourth-order valence-corrected chi connectivity index (χ4v) is 4.15. The summed E-state index contributed by atoms with van der Waals surface area (Å²) in [6.07, 6.45) is 18.1. The van der Waals surface area contributed by atoms with Gasteiger partial charge in [0.2, 0.25) is 0 Å². The van der Waals surface area contributed by atoms with E-state index in [0.29, 0.717) is 6.04 Å². The van der Waals surface area contributed by atoms with Crippen LogP contribution in [0.15, 0.2) is 77.8 Å². The van der Waals surface area contributed by atoms with Gasteiger partial charge in [-0.1, -0.05) is 24.3 Å². The molecule has 3 aliphatic rings. The molecule has 5 nitrogen and oxygen atoms in total. The Morgan fingerprint density at radius 2 is 2.10 bits per heavy atom. The van der Waals surface area contributed by atoms with Crippen LogP contribution in [0.25, 0.3) is 17.0 Å². The van der Waals surface area contributed by atoms with Crippen molar-refractivity contribution in [1.29, 1.82) is 0 Å². The van der Waals surface area contributed by atoms with Crippen LogP contribution in [0.2, 0.25) is 0 Å². The van der Waals surface area contributed by atoms with E-state index in [0.717, 1.165) is 47.6 Å². The Hall–Kier alpha value is -3.18. The zero-order valence-corrected chi connectivity index (χ0v) is 16.5. The van der Waals surface area contributed by atoms with E-state index in [1.54, 1.807) is 6.33 Å². The van der Waals surface area contributed by atoms with Crippen molar-refractivity contribution in [3.8, 4) is 11.4 Å². The summed E-state index contributed by atoms with van der Waals surface area (Å²) in [5.74, 6) is 0. The third-order valence-electron chi connectivity index (χ3n) is 5.77. The zero-order chi connectivity index (χ0) is 19.8. The molecule has 5 rings (SSSR count). The Labute approximate surface area is 170 Å². The number of fused-ring (bicyclic) bond motifs is 1. The first-order chi connectivity index (χ1) is 14.2. The summed E-state index contributed by atoms with van der Waals surface area (Å²) >= 11 is 0. The number of aryl methyl sites for hydroxylation is 1. The van der Waals surface area contributed by atoms with E-state index in [4.69, 9.17) is 5.73 Å². The molecule has 146 valence electrons. The van der Waals surface area contributed by atoms with Crippen LogP contribution >= 0.6 is 0 Å². The number of rotatable bonds is 3. The number of H-pyrrole nitrogens is 1. The van der Waals surface area contributed by atoms with Crippen molar-refractivity contribution in [1.82, 2.24) is 20.3 Å². The molecular formula is C24H25N5. The molecule has 0 bridgehead atoms. The first-order valence-electron chi connectivity index (χ1n) is 10.2. The highest BCUT2D eigenvalue weighted by Crippen LogP contribution is 2.33. The molecular weight excluding hydrogens is 358 g/mol. The van der Waals surface area contributed by atoms with Crippen molar-refractivity contribution in [2.45, 2.75) is 38.3 Å². The minimum absolute atomic E-state index is 0.202. The predicted octanol–water partition coefficient (Wildman–Crippen LogP) is 3.95. The number of aromatic nitrogens is 3. The molecule has 0 spiro atoms. The fraction of sp³-hybridized carbons (Fsp3) is 0.250. The quantitative estimate of drug-likeness (QED) is 0.750. The summed E-state index contributed by atoms with van der Waals surface area (Å²) in [7, 11) is 0. The van der Waals surface area contributed by atoms with Gasteiger partial charge in [0.15, 0.2) is 0 Å². The summed E-state index contributed by atoms with van der Waals surface area (Å²) in [4.78, 5) is 12.5. The number of pyridine rings is 1. The minimum Gasteiger partial charge on any atom is -0.380 e. The van der Waals surface area contributed by atoms with E-state index in [1.807, 2.05) is 25.1 Å². The van der Waals surface area contributed by atoms with Crippen LogP contribution in [0, 0.1) is 6.92 Å². The summed E-state index contributed by atoms with van der Waals surface area (Å²) in [6.45, 7) is 2.00. The lowest BCUT2D eigenvalue weighted by Gasteiger charge is -2.27. The van der Waals surface area contributed by atoms with Gasteiger partial charge in [0.25, 0.3) is 0 Å². The maximum Gasteiger partial charge on any atom is 0.0977 e. The molecule has 0 fully saturated rings. The molecule has 2 aromatic rings. The monoisotopic (exact) mass is 383 g/mol. The molecule has 2 aromatic heterocycles. The van der Waals surface area contributed by atoms with Crippen molar-refractivity contribution in [2.75, 3.05) is 0 Å². The van der Waals surface area contributed by atoms with Crippen molar-refractivity contribution in [3.63, 3.8) is 0 Å². The molecule has 0 aromatic carbocycles. The molecule has 3 heterocycles. The first-order valence-corrected chi connectivity index (χ1v) is 10.2. The van der Waals surface area contributed by atoms with Gasteiger partial charge in [-0.05, 0) is 67.2 Å². The van der Waals surface area contributed by atoms with E-state index in [1.165, 1.54) is 16.7 Å². The first kappa shape index (κ1) is 17.9. The molecule has 5 heteroatoms. The van der Waals surface area contributed by atoms with Gasteiger partial charge in [-0.25, -0.2) is 4.98 Å². The van der Waals surface area contributed by atoms with E-state index >= 15 is 0 Å². The molecule has 29 heavy (non-hydrogen) atoms. The van der Waals surface area contributed by atoms with Gasteiger partial charge in [0.1, 0.15) is 0 Å². The van der Waals surface area contributed by atoms with Gasteiger partial charge in [0.05, 0.1) is 29.5 Å². The number of nitrogens with two attached hydrogens (primary N) is 1. The van der Waals surface area contributed by atoms with Crippen LogP contribution in [0.5, 0.6) is 0 Å². The van der Waals surface area contributed by atoms with Gasteiger partial charge in [0, 0.05) is 23.5 Å². The Morgan fingerprint density at radius 3 is 2.93 bits per heavy atom. The Bertz CT molecular complexity index is 1100. The number of allylic oxidation sites excluding steroid dienone is 5. The summed E-state index contributed by atoms with van der Waals surface area (Å²) in [5, 5.41) is 3.52. The smallest absolute Gasteiger partial charge is 0.0977 e. The van der Waals surface area contributed by atoms with Gasteiger partial charge < -0.3 is 16.0 Å². The zero-order valence-electron chi connectivity index (χ0n) is 16.5. The number of imidazole rings is 1. The average molecular weight is 383 g/mol. The molecule has 0 saturated heterocycles. The van der Waals surface area contributed by atoms with Crippen LogP contribution in [-0.2, 0) is 0 Å². The Balaban J connectivity index is 1.48. The van der Waals surface area contributed by atoms with E-state index < -0.39 is 0 Å². The van der Waals surface area contributed by atoms with Gasteiger partial charge in [-0.15, -0.1) is 0 Å². The van der Waals surface area contributed by atoms with Crippen molar-refractivity contribution >= 4 is 5.57 Å². The molecule has 1 aliphatic heterocycles. The molecule has 2 atom stereocenters. The summed E-state index contributed by atoms with van der Waals surface area (Å²) in [5.41, 5.74) is 14.8. The van der Waals surface area contributed by atoms with Crippen molar-refractivity contribution < 1.29 is 0 Å². The normalized spacial score (nSPS) is 23.4. The third kappa shape index (κ3) is 3.49. The molecule has 0 saturated carbocycles. The highest BCUT2D eigenvalue weighted by Gasteiger charge is 2.22. The lowest BCUT2D eigenvalue weighted by Crippen LogP contribution is -2.29. The Kier molecular flexibility index (Phi) is 4.52. The predicted molar refractivity (Wildman–Crippen MR) is 117 cm³/mol. The fourth-order valence-electron chi connectivity index (χ4n) is 4.15. The number of aromatic amines is 1. The van der Waals surface area contributed by atoms with Crippen LogP contribution < -0.4 is 11.1 Å². The SMILES string of the molecule is Cc1cccc(-c2[nH]cnc2C2=CC3=CC(C4=CCC(N)CC4)=CNC3C=C2)n1. The largest absolute Gasteiger partial charge is 0.380 e. The molecule has 4 N–H and O–H groups in total. The van der Waals surface area contributed by atoms with Gasteiger partial charge in [-0.2, -0.15) is 0 Å². The molecule has 0 amide bonds. The number of hydrogen-bond donors (Lipinski definition) is 3. The average Bonchev–Trinajstić information content (AvgIpc) is 3.23. The van der Waals surface area contributed by atoms with Crippen LogP contribution in [0.1, 0.15) is 30.7 Å². The molecule has 2 aliphatic carbocycles. The number of dihydropyridines is 1. The lowest BCUT2D eigenvalue weighted by atomic mass is 9.86. The minimum atomic E-state index is 0.202. The van der Waals surface area contributed by atoms with Crippen molar-refractivity contribution in [3.05, 3.63) is 89.2 Å². The Morgan fingerprint density at radius 1 is 1.17 bits per heavy atom. The van der Waals surface area contributed by atoms with Crippen molar-refractivity contribution in [2.24, 2.45) is 5.73 Å². The lowest BCUT2D eigenvalue weighted by molar-refractivity contribution is 0.592. The number of hydrogen-bond acceptors (Lipinski definition) is 4. The highest BCUT2D eigenvalue weighted by atomic mass is 14.9. The maximum atomic E-state index is 6.05. The number of nitrogens with zero attached hydrogens (tertiary/aromatic N) is 2. The van der Waals surface area contributed by atoms with Crippen LogP contribution in [0.3, 0.4) is 0 Å². The number of nitrogens with one attached hydrogen (secondary N) is 2. The topological polar surface area (TPSA) is 79.6 Å². The van der Waals surface area contributed by atoms with Gasteiger partial charge in [-0.3, -0.25) is 4.98 Å². The van der Waals surface area contributed by atoms with E-state index in [9.17, 15) is 0 Å². The van der Waals surface area contributed by atoms with E-state index in [2.05, 4.69) is 56.8 Å². The second-order valence-electron chi connectivity index (χ2n) is 7.90. The summed E-state index contributed by atoms with van der Waals surface area (Å²) in [6, 6.07) is 6.55. The van der Waals surface area contributed by atoms with Crippen LogP contribution in [-0.4, -0.2) is 27.0 Å².